The van der Waals surface area contributed by atoms with Crippen molar-refractivity contribution in [3.63, 3.8) is 0 Å². The summed E-state index contributed by atoms with van der Waals surface area (Å²) < 4.78 is 10.8. The Balaban J connectivity index is 1.27. The number of nitrogens with zero attached hydrogens (tertiary/aromatic N) is 1. The lowest BCUT2D eigenvalue weighted by Crippen LogP contribution is -2.63. The van der Waals surface area contributed by atoms with Crippen LogP contribution in [-0.4, -0.2) is 77.4 Å². The molecule has 0 spiro atoms. The number of carbonyl (C=O) groups is 6. The smallest absolute Gasteiger partial charge is 0.432 e. The van der Waals surface area contributed by atoms with Crippen LogP contribution in [0.2, 0.25) is 0 Å². The van der Waals surface area contributed by atoms with Crippen molar-refractivity contribution in [2.75, 3.05) is 13.2 Å². The lowest BCUT2D eigenvalue weighted by molar-refractivity contribution is -0.145. The molecule has 1 aromatic rings. The van der Waals surface area contributed by atoms with E-state index < -0.39 is 64.8 Å². The van der Waals surface area contributed by atoms with Crippen LogP contribution in [0.4, 0.5) is 9.59 Å². The summed E-state index contributed by atoms with van der Waals surface area (Å²) in [6.07, 6.45) is 6.15. The van der Waals surface area contributed by atoms with Gasteiger partial charge in [-0.1, -0.05) is 103 Å². The number of carbonyl (C=O) groups excluding carboxylic acids is 6. The molecular weight excluding hydrogens is 654 g/mol. The zero-order valence-corrected chi connectivity index (χ0v) is 30.6. The topological polar surface area (TPSA) is 186 Å². The molecule has 1 aromatic carbocycles. The highest BCUT2D eigenvalue weighted by Gasteiger charge is 2.70. The Kier molecular flexibility index (Phi) is 11.4. The predicted octanol–water partition coefficient (Wildman–Crippen LogP) is 3.97. The Morgan fingerprint density at radius 1 is 0.941 bits per heavy atom. The van der Waals surface area contributed by atoms with Crippen LogP contribution in [0.1, 0.15) is 98.0 Å². The number of ketones is 1. The quantitative estimate of drug-likeness (QED) is 0.175. The normalized spacial score (nSPS) is 24.5. The van der Waals surface area contributed by atoms with Gasteiger partial charge in [-0.25, -0.2) is 9.59 Å². The first-order valence-corrected chi connectivity index (χ1v) is 18.4. The Bertz CT molecular complexity index is 1480. The molecule has 3 aliphatic carbocycles. The van der Waals surface area contributed by atoms with Gasteiger partial charge in [0.1, 0.15) is 25.3 Å². The van der Waals surface area contributed by atoms with Gasteiger partial charge in [0.15, 0.2) is 0 Å². The van der Waals surface area contributed by atoms with Crippen molar-refractivity contribution in [1.82, 2.24) is 20.9 Å². The van der Waals surface area contributed by atoms with Gasteiger partial charge < -0.3 is 36.1 Å². The molecule has 51 heavy (non-hydrogen) atoms. The van der Waals surface area contributed by atoms with Crippen LogP contribution in [0.3, 0.4) is 0 Å². The van der Waals surface area contributed by atoms with Crippen LogP contribution in [0, 0.1) is 28.6 Å². The average molecular weight is 710 g/mol. The number of fused-ring (bicyclic) bond motifs is 1. The fourth-order valence-corrected chi connectivity index (χ4v) is 8.25. The van der Waals surface area contributed by atoms with Gasteiger partial charge in [-0.15, -0.1) is 0 Å². The zero-order chi connectivity index (χ0) is 37.1. The van der Waals surface area contributed by atoms with E-state index in [4.69, 9.17) is 15.2 Å². The molecule has 1 saturated heterocycles. The molecule has 13 nitrogen and oxygen atoms in total. The summed E-state index contributed by atoms with van der Waals surface area (Å²) in [5.74, 6) is -2.70. The molecule has 3 saturated carbocycles. The number of likely N-dealkylation sites (tertiary alicyclic amines) is 1. The standard InChI is InChI=1S/C38H55N5O8/c1-36(2,3)30(41-34(48)42-38(17-10-7-11-18-38)22-51-35(49)50-21-24-13-8-6-9-14-24)33(47)43-20-25-27(37(25,4)5)28(43)32(46)40-26(29(44)31(39)45)19-23-15-12-16-23/h6,8-9,13-14,23,25-28,30H,7,10-12,15-22H2,1-5H3,(H2,39,45)(H,40,46)(H2,41,42,48)/t25-,26?,27-,28-,30+/m0/s1. The lowest BCUT2D eigenvalue weighted by Gasteiger charge is -2.40. The van der Waals surface area contributed by atoms with Crippen LogP contribution < -0.4 is 21.7 Å². The van der Waals surface area contributed by atoms with Crippen LogP contribution in [-0.2, 0) is 35.3 Å². The van der Waals surface area contributed by atoms with E-state index in [0.717, 1.165) is 44.1 Å². The molecule has 13 heteroatoms. The first-order chi connectivity index (χ1) is 24.0. The van der Waals surface area contributed by atoms with Gasteiger partial charge in [-0.2, -0.15) is 0 Å². The van der Waals surface area contributed by atoms with Gasteiger partial charge in [0.05, 0.1) is 11.6 Å². The summed E-state index contributed by atoms with van der Waals surface area (Å²) in [5.41, 5.74) is 4.39. The molecule has 5 atom stereocenters. The van der Waals surface area contributed by atoms with Gasteiger partial charge in [0.2, 0.25) is 17.6 Å². The van der Waals surface area contributed by atoms with Crippen LogP contribution in [0.5, 0.6) is 0 Å². The van der Waals surface area contributed by atoms with Crippen molar-refractivity contribution in [2.24, 2.45) is 34.3 Å². The third kappa shape index (κ3) is 8.84. The maximum atomic E-state index is 14.4. The van der Waals surface area contributed by atoms with Gasteiger partial charge in [-0.3, -0.25) is 19.2 Å². The molecule has 5 N–H and O–H groups in total. The van der Waals surface area contributed by atoms with E-state index in [1.54, 1.807) is 0 Å². The molecule has 4 aliphatic rings. The molecule has 1 unspecified atom stereocenters. The van der Waals surface area contributed by atoms with Crippen molar-refractivity contribution in [2.45, 2.75) is 123 Å². The minimum absolute atomic E-state index is 0.0625. The van der Waals surface area contributed by atoms with E-state index in [1.165, 1.54) is 4.90 Å². The second-order valence-electron chi connectivity index (χ2n) is 16.8. The maximum Gasteiger partial charge on any atom is 0.508 e. The SMILES string of the molecule is CC(C)(C)[C@H](NC(=O)NC1(COC(=O)OCc2ccccc2)CCCCC1)C(=O)N1C[C@H]2[C@@H]([C@H]1C(=O)NC(CC1CCC1)C(=O)C(N)=O)C2(C)C. The van der Waals surface area contributed by atoms with E-state index in [9.17, 15) is 28.8 Å². The summed E-state index contributed by atoms with van der Waals surface area (Å²) in [7, 11) is 0. The first-order valence-electron chi connectivity index (χ1n) is 18.4. The lowest BCUT2D eigenvalue weighted by atomic mass is 9.80. The van der Waals surface area contributed by atoms with E-state index in [0.29, 0.717) is 25.8 Å². The Labute approximate surface area is 300 Å². The minimum atomic E-state index is -1.10. The van der Waals surface area contributed by atoms with Gasteiger partial charge >= 0.3 is 12.2 Å². The number of amides is 5. The first kappa shape index (κ1) is 38.1. The zero-order valence-electron chi connectivity index (χ0n) is 30.6. The summed E-state index contributed by atoms with van der Waals surface area (Å²) >= 11 is 0. The van der Waals surface area contributed by atoms with Gasteiger partial charge in [0.25, 0.3) is 5.91 Å². The van der Waals surface area contributed by atoms with E-state index in [2.05, 4.69) is 29.8 Å². The monoisotopic (exact) mass is 709 g/mol. The predicted molar refractivity (Wildman–Crippen MR) is 188 cm³/mol. The molecule has 0 radical (unpaired) electrons. The van der Waals surface area contributed by atoms with Gasteiger partial charge in [-0.05, 0) is 53.4 Å². The fourth-order valence-electron chi connectivity index (χ4n) is 8.25. The highest BCUT2D eigenvalue weighted by Crippen LogP contribution is 2.65. The summed E-state index contributed by atoms with van der Waals surface area (Å²) in [6, 6.07) is 5.73. The second kappa shape index (κ2) is 15.2. The molecule has 5 amide bonds. The fraction of sp³-hybridized carbons (Fsp3) is 0.684. The molecule has 280 valence electrons. The van der Waals surface area contributed by atoms with Crippen LogP contribution in [0.15, 0.2) is 30.3 Å². The Morgan fingerprint density at radius 2 is 1.61 bits per heavy atom. The molecule has 1 heterocycles. The molecule has 4 fully saturated rings. The largest absolute Gasteiger partial charge is 0.508 e. The van der Waals surface area contributed by atoms with Crippen molar-refractivity contribution in [3.05, 3.63) is 35.9 Å². The number of benzene rings is 1. The average Bonchev–Trinajstić information content (AvgIpc) is 3.37. The molecule has 5 rings (SSSR count). The van der Waals surface area contributed by atoms with E-state index in [1.807, 2.05) is 51.1 Å². The van der Waals surface area contributed by atoms with E-state index >= 15 is 0 Å². The third-order valence-corrected chi connectivity index (χ3v) is 11.7. The van der Waals surface area contributed by atoms with Crippen LogP contribution in [0.25, 0.3) is 0 Å². The van der Waals surface area contributed by atoms with Crippen molar-refractivity contribution in [3.8, 4) is 0 Å². The number of nitrogens with one attached hydrogen (secondary N) is 3. The van der Waals surface area contributed by atoms with Crippen molar-refractivity contribution < 1.29 is 38.2 Å². The summed E-state index contributed by atoms with van der Waals surface area (Å²) in [6.45, 7) is 9.94. The van der Waals surface area contributed by atoms with Crippen molar-refractivity contribution >= 4 is 35.7 Å². The number of nitrogens with two attached hydrogens (primary N) is 1. The van der Waals surface area contributed by atoms with Crippen molar-refractivity contribution in [1.29, 1.82) is 0 Å². The van der Waals surface area contributed by atoms with Gasteiger partial charge in [0, 0.05) is 6.54 Å². The Hall–Kier alpha value is -4.16. The Morgan fingerprint density at radius 3 is 2.20 bits per heavy atom. The highest BCUT2D eigenvalue weighted by atomic mass is 16.7. The molecule has 0 bridgehead atoms. The number of primary amides is 1. The molecular formula is C38H55N5O8. The number of ether oxygens (including phenoxy) is 2. The number of rotatable bonds is 13. The highest BCUT2D eigenvalue weighted by molar-refractivity contribution is 6.37. The number of urea groups is 1. The number of piperidine rings is 1. The second-order valence-corrected chi connectivity index (χ2v) is 16.8. The minimum Gasteiger partial charge on any atom is -0.432 e. The van der Waals surface area contributed by atoms with E-state index in [-0.39, 0.29) is 36.4 Å². The molecule has 1 aliphatic heterocycles. The summed E-state index contributed by atoms with van der Waals surface area (Å²) in [4.78, 5) is 80.9. The number of hydrogen-bond donors (Lipinski definition) is 4. The third-order valence-electron chi connectivity index (χ3n) is 11.7. The maximum absolute atomic E-state index is 14.4. The number of Topliss-reactive ketones (excluding diaryl/α,β-unsaturated/α-hetero) is 1. The van der Waals surface area contributed by atoms with Crippen LogP contribution >= 0.6 is 0 Å². The summed E-state index contributed by atoms with van der Waals surface area (Å²) in [5, 5.41) is 8.75. The number of hydrogen-bond acceptors (Lipinski definition) is 8. The molecule has 0 aromatic heterocycles.